The van der Waals surface area contributed by atoms with Crippen LogP contribution < -0.4 is 5.32 Å². The summed E-state index contributed by atoms with van der Waals surface area (Å²) < 4.78 is 0. The van der Waals surface area contributed by atoms with Crippen molar-refractivity contribution in [3.63, 3.8) is 0 Å². The van der Waals surface area contributed by atoms with Gasteiger partial charge in [0.25, 0.3) is 5.91 Å². The molecule has 1 N–H and O–H groups in total. The summed E-state index contributed by atoms with van der Waals surface area (Å²) in [4.78, 5) is 20.6. The van der Waals surface area contributed by atoms with E-state index in [0.29, 0.717) is 11.4 Å². The van der Waals surface area contributed by atoms with E-state index < -0.39 is 0 Å². The second-order valence-electron chi connectivity index (χ2n) is 4.81. The van der Waals surface area contributed by atoms with Crippen molar-refractivity contribution < 1.29 is 4.79 Å². The van der Waals surface area contributed by atoms with Gasteiger partial charge < -0.3 is 15.1 Å². The van der Waals surface area contributed by atoms with Crippen LogP contribution in [0.2, 0.25) is 0 Å². The van der Waals surface area contributed by atoms with Gasteiger partial charge in [0.2, 0.25) is 0 Å². The molecule has 0 radical (unpaired) electrons. The molecule has 0 aliphatic carbocycles. The average Bonchev–Trinajstić information content (AvgIpc) is 2.47. The lowest BCUT2D eigenvalue weighted by Crippen LogP contribution is -2.30. The van der Waals surface area contributed by atoms with Gasteiger partial charge in [0.05, 0.1) is 16.9 Å². The van der Waals surface area contributed by atoms with Crippen LogP contribution in [0.5, 0.6) is 0 Å². The Balaban J connectivity index is 2.59. The van der Waals surface area contributed by atoms with E-state index in [0.717, 1.165) is 11.4 Å². The van der Waals surface area contributed by atoms with Gasteiger partial charge in [-0.2, -0.15) is 0 Å². The number of carbonyl (C=O) groups is 1. The molecule has 5 nitrogen and oxygen atoms in total. The van der Waals surface area contributed by atoms with E-state index in [9.17, 15) is 4.79 Å². The number of para-hydroxylation sites is 2. The topological polar surface area (TPSA) is 47.9 Å². The maximum Gasteiger partial charge on any atom is 0.260 e. The molecule has 0 saturated heterocycles. The van der Waals surface area contributed by atoms with Gasteiger partial charge in [0.15, 0.2) is 0 Å². The molecular weight excluding hydrogens is 240 g/mol. The number of anilines is 1. The number of aliphatic imine (C=N–C) groups is 1. The van der Waals surface area contributed by atoms with Crippen molar-refractivity contribution in [2.45, 2.75) is 0 Å². The van der Waals surface area contributed by atoms with Crippen LogP contribution in [0.3, 0.4) is 0 Å². The first-order chi connectivity index (χ1) is 8.99. The number of likely N-dealkylation sites (N-methyl/N-ethyl adjacent to an activating group) is 1. The molecule has 0 unspecified atom stereocenters. The van der Waals surface area contributed by atoms with Crippen molar-refractivity contribution in [2.75, 3.05) is 33.5 Å². The Morgan fingerprint density at radius 3 is 2.47 bits per heavy atom. The van der Waals surface area contributed by atoms with Crippen LogP contribution in [0.1, 0.15) is 0 Å². The lowest BCUT2D eigenvalue weighted by Gasteiger charge is -2.17. The normalized spacial score (nSPS) is 16.3. The van der Waals surface area contributed by atoms with Crippen LogP contribution in [0.15, 0.2) is 41.0 Å². The highest BCUT2D eigenvalue weighted by Gasteiger charge is 2.23. The lowest BCUT2D eigenvalue weighted by molar-refractivity contribution is -0.112. The van der Waals surface area contributed by atoms with Crippen LogP contribution in [0.4, 0.5) is 11.4 Å². The number of nitrogens with zero attached hydrogens (tertiary/aromatic N) is 3. The maximum atomic E-state index is 12.3. The van der Waals surface area contributed by atoms with Crippen molar-refractivity contribution in [1.29, 1.82) is 0 Å². The molecule has 1 aromatic carbocycles. The molecule has 1 aromatic rings. The minimum absolute atomic E-state index is 0.147. The van der Waals surface area contributed by atoms with Gasteiger partial charge in [0, 0.05) is 34.4 Å². The van der Waals surface area contributed by atoms with Crippen molar-refractivity contribution in [3.8, 4) is 0 Å². The van der Waals surface area contributed by atoms with Crippen molar-refractivity contribution in [1.82, 2.24) is 9.80 Å². The molecular formula is C14H18N4O. The highest BCUT2D eigenvalue weighted by Crippen LogP contribution is 2.28. The van der Waals surface area contributed by atoms with E-state index in [1.54, 1.807) is 6.20 Å². The molecule has 0 bridgehead atoms. The standard InChI is InChI=1S/C14H18N4O/c1-17(2)9-10-13(18(3)4)15-11-7-5-6-8-12(11)16-14(10)19/h5-9H,1-4H3,(H,16,19). The van der Waals surface area contributed by atoms with Gasteiger partial charge in [-0.25, -0.2) is 4.99 Å². The molecule has 5 heteroatoms. The predicted octanol–water partition coefficient (Wildman–Crippen LogP) is 1.68. The minimum atomic E-state index is -0.147. The first-order valence-electron chi connectivity index (χ1n) is 6.04. The molecule has 0 saturated carbocycles. The third kappa shape index (κ3) is 2.76. The molecule has 100 valence electrons. The smallest absolute Gasteiger partial charge is 0.260 e. The molecule has 1 aliphatic rings. The molecule has 1 heterocycles. The Kier molecular flexibility index (Phi) is 3.55. The monoisotopic (exact) mass is 258 g/mol. The quantitative estimate of drug-likeness (QED) is 0.780. The lowest BCUT2D eigenvalue weighted by atomic mass is 10.2. The molecule has 0 fully saturated rings. The number of amidine groups is 1. The van der Waals surface area contributed by atoms with Crippen molar-refractivity contribution in [3.05, 3.63) is 36.0 Å². The number of rotatable bonds is 1. The minimum Gasteiger partial charge on any atom is -0.383 e. The van der Waals surface area contributed by atoms with E-state index >= 15 is 0 Å². The summed E-state index contributed by atoms with van der Waals surface area (Å²) in [5.74, 6) is 0.502. The molecule has 0 spiro atoms. The van der Waals surface area contributed by atoms with E-state index in [1.807, 2.05) is 62.3 Å². The van der Waals surface area contributed by atoms with Crippen molar-refractivity contribution in [2.24, 2.45) is 4.99 Å². The Hall–Kier alpha value is -2.30. The van der Waals surface area contributed by atoms with E-state index in [1.165, 1.54) is 0 Å². The fraction of sp³-hybridized carbons (Fsp3) is 0.286. The largest absolute Gasteiger partial charge is 0.383 e. The molecule has 2 rings (SSSR count). The summed E-state index contributed by atoms with van der Waals surface area (Å²) in [7, 11) is 7.52. The van der Waals surface area contributed by atoms with Crippen LogP contribution in [-0.4, -0.2) is 49.7 Å². The molecule has 0 aromatic heterocycles. The number of hydrogen-bond acceptors (Lipinski definition) is 4. The fourth-order valence-corrected chi connectivity index (χ4v) is 1.86. The molecule has 19 heavy (non-hydrogen) atoms. The predicted molar refractivity (Wildman–Crippen MR) is 77.6 cm³/mol. The second kappa shape index (κ2) is 5.14. The second-order valence-corrected chi connectivity index (χ2v) is 4.81. The summed E-state index contributed by atoms with van der Waals surface area (Å²) in [5, 5.41) is 2.89. The molecule has 1 aliphatic heterocycles. The summed E-state index contributed by atoms with van der Waals surface area (Å²) in [6, 6.07) is 7.52. The third-order valence-corrected chi connectivity index (χ3v) is 2.68. The Labute approximate surface area is 113 Å². The number of carbonyl (C=O) groups excluding carboxylic acids is 1. The summed E-state index contributed by atoms with van der Waals surface area (Å²) >= 11 is 0. The first-order valence-corrected chi connectivity index (χ1v) is 6.04. The number of hydrogen-bond donors (Lipinski definition) is 1. The summed E-state index contributed by atoms with van der Waals surface area (Å²) in [6.45, 7) is 0. The van der Waals surface area contributed by atoms with Gasteiger partial charge in [-0.3, -0.25) is 4.79 Å². The third-order valence-electron chi connectivity index (χ3n) is 2.68. The Morgan fingerprint density at radius 1 is 1.16 bits per heavy atom. The molecule has 1 amide bonds. The van der Waals surface area contributed by atoms with Crippen molar-refractivity contribution >= 4 is 23.1 Å². The zero-order valence-electron chi connectivity index (χ0n) is 11.6. The number of benzene rings is 1. The average molecular weight is 258 g/mol. The summed E-state index contributed by atoms with van der Waals surface area (Å²) in [6.07, 6.45) is 1.78. The van der Waals surface area contributed by atoms with Gasteiger partial charge in [-0.1, -0.05) is 12.1 Å². The van der Waals surface area contributed by atoms with Crippen LogP contribution in [0, 0.1) is 0 Å². The van der Waals surface area contributed by atoms with Gasteiger partial charge in [-0.05, 0) is 12.1 Å². The Bertz CT molecular complexity index is 558. The van der Waals surface area contributed by atoms with Gasteiger partial charge in [0.1, 0.15) is 5.84 Å². The van der Waals surface area contributed by atoms with Crippen LogP contribution >= 0.6 is 0 Å². The van der Waals surface area contributed by atoms with Crippen LogP contribution in [-0.2, 0) is 4.79 Å². The fourth-order valence-electron chi connectivity index (χ4n) is 1.86. The summed E-state index contributed by atoms with van der Waals surface area (Å²) in [5.41, 5.74) is 2.04. The highest BCUT2D eigenvalue weighted by atomic mass is 16.1. The first kappa shape index (κ1) is 13.1. The van der Waals surface area contributed by atoms with E-state index in [2.05, 4.69) is 10.3 Å². The zero-order chi connectivity index (χ0) is 14.0. The van der Waals surface area contributed by atoms with E-state index in [4.69, 9.17) is 0 Å². The number of amides is 1. The van der Waals surface area contributed by atoms with E-state index in [-0.39, 0.29) is 5.91 Å². The maximum absolute atomic E-state index is 12.3. The van der Waals surface area contributed by atoms with Crippen LogP contribution in [0.25, 0.3) is 0 Å². The number of nitrogens with one attached hydrogen (secondary N) is 1. The highest BCUT2D eigenvalue weighted by molar-refractivity contribution is 6.26. The SMILES string of the molecule is CN(C)C=C1C(=O)Nc2ccccc2N=C1N(C)C. The van der Waals surface area contributed by atoms with Gasteiger partial charge in [-0.15, -0.1) is 0 Å². The molecule has 0 atom stereocenters. The van der Waals surface area contributed by atoms with Gasteiger partial charge >= 0.3 is 0 Å². The Morgan fingerprint density at radius 2 is 1.84 bits per heavy atom. The number of fused-ring (bicyclic) bond motifs is 1. The zero-order valence-corrected chi connectivity index (χ0v) is 11.6.